The molecule has 0 spiro atoms. The van der Waals surface area contributed by atoms with E-state index in [1.165, 1.54) is 12.1 Å². The second-order valence-corrected chi connectivity index (χ2v) is 3.62. The summed E-state index contributed by atoms with van der Waals surface area (Å²) in [6, 6.07) is 2.96. The van der Waals surface area contributed by atoms with E-state index < -0.39 is 0 Å². The maximum atomic E-state index is 10.8. The van der Waals surface area contributed by atoms with Crippen molar-refractivity contribution in [3.63, 3.8) is 0 Å². The van der Waals surface area contributed by atoms with Crippen LogP contribution < -0.4 is 5.43 Å². The Morgan fingerprint density at radius 3 is 2.75 bits per heavy atom. The van der Waals surface area contributed by atoms with E-state index >= 15 is 0 Å². The number of nitrogens with zero attached hydrogens (tertiary/aromatic N) is 1. The molecule has 66 valence electrons. The first-order valence-electron chi connectivity index (χ1n) is 3.95. The number of rotatable bonds is 2. The van der Waals surface area contributed by atoms with E-state index in [9.17, 15) is 4.79 Å². The van der Waals surface area contributed by atoms with Crippen molar-refractivity contribution in [2.75, 3.05) is 0 Å². The molecule has 0 aliphatic rings. The highest BCUT2D eigenvalue weighted by Crippen LogP contribution is 2.07. The van der Waals surface area contributed by atoms with Crippen molar-refractivity contribution in [3.8, 4) is 0 Å². The molecule has 0 unspecified atom stereocenters. The van der Waals surface area contributed by atoms with E-state index in [1.54, 1.807) is 6.20 Å². The molecule has 1 aromatic heterocycles. The summed E-state index contributed by atoms with van der Waals surface area (Å²) < 4.78 is 1.87. The molecule has 0 saturated carbocycles. The lowest BCUT2D eigenvalue weighted by molar-refractivity contribution is 0.521. The summed E-state index contributed by atoms with van der Waals surface area (Å²) in [5.41, 5.74) is -0.0417. The lowest BCUT2D eigenvalue weighted by Gasteiger charge is -2.10. The third-order valence-electron chi connectivity index (χ3n) is 1.52. The standard InChI is InChI=1S/C9H12ClNO/c1-7(2)6-11-4-3-8(12)5-9(11)10/h3-5,7H,6H2,1-2H3. The molecular weight excluding hydrogens is 174 g/mol. The van der Waals surface area contributed by atoms with Crippen LogP contribution in [0.3, 0.4) is 0 Å². The van der Waals surface area contributed by atoms with Crippen molar-refractivity contribution in [1.29, 1.82) is 0 Å². The number of halogens is 1. The number of hydrogen-bond donors (Lipinski definition) is 0. The van der Waals surface area contributed by atoms with E-state index in [1.807, 2.05) is 4.57 Å². The van der Waals surface area contributed by atoms with Crippen LogP contribution in [0.15, 0.2) is 23.1 Å². The van der Waals surface area contributed by atoms with E-state index in [0.717, 1.165) is 6.54 Å². The fourth-order valence-corrected chi connectivity index (χ4v) is 1.26. The molecule has 2 nitrogen and oxygen atoms in total. The lowest BCUT2D eigenvalue weighted by Crippen LogP contribution is -2.09. The Kier molecular flexibility index (Phi) is 2.93. The van der Waals surface area contributed by atoms with Gasteiger partial charge in [-0.2, -0.15) is 0 Å². The SMILES string of the molecule is CC(C)Cn1ccc(=O)cc1Cl. The first kappa shape index (κ1) is 9.33. The minimum Gasteiger partial charge on any atom is -0.338 e. The predicted octanol–water partition coefficient (Wildman–Crippen LogP) is 2.16. The van der Waals surface area contributed by atoms with Crippen LogP contribution in [-0.4, -0.2) is 4.57 Å². The topological polar surface area (TPSA) is 22.0 Å². The predicted molar refractivity (Wildman–Crippen MR) is 50.6 cm³/mol. The van der Waals surface area contributed by atoms with Crippen LogP contribution in [0.5, 0.6) is 0 Å². The molecule has 0 fully saturated rings. The Labute approximate surface area is 76.8 Å². The van der Waals surface area contributed by atoms with Crippen LogP contribution >= 0.6 is 11.6 Å². The summed E-state index contributed by atoms with van der Waals surface area (Å²) in [4.78, 5) is 10.8. The average Bonchev–Trinajstić information content (AvgIpc) is 1.94. The fourth-order valence-electron chi connectivity index (χ4n) is 1.02. The normalized spacial score (nSPS) is 10.7. The molecular formula is C9H12ClNO. The summed E-state index contributed by atoms with van der Waals surface area (Å²) in [5.74, 6) is 0.532. The Bertz CT molecular complexity index is 317. The summed E-state index contributed by atoms with van der Waals surface area (Å²) in [5, 5.41) is 0.510. The van der Waals surface area contributed by atoms with Gasteiger partial charge in [0.25, 0.3) is 0 Å². The molecule has 1 aromatic rings. The van der Waals surface area contributed by atoms with Crippen LogP contribution in [0.2, 0.25) is 5.15 Å². The van der Waals surface area contributed by atoms with Crippen molar-refractivity contribution < 1.29 is 0 Å². The van der Waals surface area contributed by atoms with Crippen LogP contribution in [0.25, 0.3) is 0 Å². The van der Waals surface area contributed by atoms with E-state index in [4.69, 9.17) is 11.6 Å². The minimum atomic E-state index is -0.0417. The molecule has 0 amide bonds. The zero-order chi connectivity index (χ0) is 9.14. The highest BCUT2D eigenvalue weighted by molar-refractivity contribution is 6.29. The lowest BCUT2D eigenvalue weighted by atomic mass is 10.2. The molecule has 1 rings (SSSR count). The van der Waals surface area contributed by atoms with Crippen molar-refractivity contribution in [2.24, 2.45) is 5.92 Å². The fraction of sp³-hybridized carbons (Fsp3) is 0.444. The molecule has 0 atom stereocenters. The van der Waals surface area contributed by atoms with Gasteiger partial charge >= 0.3 is 0 Å². The molecule has 12 heavy (non-hydrogen) atoms. The van der Waals surface area contributed by atoms with Gasteiger partial charge < -0.3 is 4.57 Å². The maximum absolute atomic E-state index is 10.8. The first-order chi connectivity index (χ1) is 5.59. The zero-order valence-corrected chi connectivity index (χ0v) is 8.01. The second-order valence-electron chi connectivity index (χ2n) is 3.23. The molecule has 0 N–H and O–H groups in total. The number of aromatic nitrogens is 1. The van der Waals surface area contributed by atoms with Crippen LogP contribution in [0.4, 0.5) is 0 Å². The van der Waals surface area contributed by atoms with Crippen molar-refractivity contribution in [1.82, 2.24) is 4.57 Å². The van der Waals surface area contributed by atoms with Gasteiger partial charge in [0.2, 0.25) is 0 Å². The van der Waals surface area contributed by atoms with E-state index in [-0.39, 0.29) is 5.43 Å². The van der Waals surface area contributed by atoms with E-state index in [2.05, 4.69) is 13.8 Å². The highest BCUT2D eigenvalue weighted by Gasteiger charge is 1.99. The number of hydrogen-bond acceptors (Lipinski definition) is 1. The van der Waals surface area contributed by atoms with Gasteiger partial charge in [-0.3, -0.25) is 4.79 Å². The van der Waals surface area contributed by atoms with Gasteiger partial charge in [-0.05, 0) is 5.92 Å². The third-order valence-corrected chi connectivity index (χ3v) is 1.84. The Balaban J connectivity index is 2.94. The largest absolute Gasteiger partial charge is 0.338 e. The van der Waals surface area contributed by atoms with Crippen LogP contribution in [0.1, 0.15) is 13.8 Å². The summed E-state index contributed by atoms with van der Waals surface area (Å²) in [7, 11) is 0. The molecule has 0 aliphatic carbocycles. The summed E-state index contributed by atoms with van der Waals surface area (Å²) in [6.45, 7) is 5.06. The third kappa shape index (κ3) is 2.38. The molecule has 1 heterocycles. The van der Waals surface area contributed by atoms with E-state index in [0.29, 0.717) is 11.1 Å². The van der Waals surface area contributed by atoms with Crippen molar-refractivity contribution in [3.05, 3.63) is 33.7 Å². The monoisotopic (exact) mass is 185 g/mol. The highest BCUT2D eigenvalue weighted by atomic mass is 35.5. The van der Waals surface area contributed by atoms with Gasteiger partial charge in [-0.1, -0.05) is 25.4 Å². The zero-order valence-electron chi connectivity index (χ0n) is 7.25. The molecule has 3 heteroatoms. The first-order valence-corrected chi connectivity index (χ1v) is 4.33. The van der Waals surface area contributed by atoms with Gasteiger partial charge in [0.05, 0.1) is 0 Å². The molecule has 0 aliphatic heterocycles. The van der Waals surface area contributed by atoms with Gasteiger partial charge in [-0.15, -0.1) is 0 Å². The molecule has 0 saturated heterocycles. The Morgan fingerprint density at radius 2 is 2.25 bits per heavy atom. The Hall–Kier alpha value is -0.760. The van der Waals surface area contributed by atoms with Gasteiger partial charge in [0, 0.05) is 24.9 Å². The Morgan fingerprint density at radius 1 is 1.58 bits per heavy atom. The number of pyridine rings is 1. The van der Waals surface area contributed by atoms with Crippen LogP contribution in [0, 0.1) is 5.92 Å². The van der Waals surface area contributed by atoms with Gasteiger partial charge in [-0.25, -0.2) is 0 Å². The quantitative estimate of drug-likeness (QED) is 0.648. The van der Waals surface area contributed by atoms with Crippen molar-refractivity contribution in [2.45, 2.75) is 20.4 Å². The molecule has 0 aromatic carbocycles. The minimum absolute atomic E-state index is 0.0417. The van der Waals surface area contributed by atoms with Gasteiger partial charge in [0.1, 0.15) is 5.15 Å². The van der Waals surface area contributed by atoms with Crippen molar-refractivity contribution >= 4 is 11.6 Å². The second kappa shape index (κ2) is 3.76. The molecule has 0 radical (unpaired) electrons. The summed E-state index contributed by atoms with van der Waals surface area (Å²) in [6.07, 6.45) is 1.73. The smallest absolute Gasteiger partial charge is 0.183 e. The van der Waals surface area contributed by atoms with Crippen LogP contribution in [-0.2, 0) is 6.54 Å². The average molecular weight is 186 g/mol. The maximum Gasteiger partial charge on any atom is 0.183 e. The van der Waals surface area contributed by atoms with Gasteiger partial charge in [0.15, 0.2) is 5.43 Å². The summed E-state index contributed by atoms with van der Waals surface area (Å²) >= 11 is 5.84. The molecule has 0 bridgehead atoms.